The number of hydrogen-bond acceptors (Lipinski definition) is 8. The van der Waals surface area contributed by atoms with Crippen LogP contribution in [0.1, 0.15) is 45.1 Å². The molecule has 4 rings (SSSR count). The Kier molecular flexibility index (Phi) is 8.50. The number of aliphatic imine (C=N–C) groups is 1. The Morgan fingerprint density at radius 2 is 2.00 bits per heavy atom. The van der Waals surface area contributed by atoms with E-state index in [9.17, 15) is 0 Å². The van der Waals surface area contributed by atoms with Crippen molar-refractivity contribution in [2.75, 3.05) is 18.5 Å². The summed E-state index contributed by atoms with van der Waals surface area (Å²) in [6.07, 6.45) is 8.06. The summed E-state index contributed by atoms with van der Waals surface area (Å²) in [5, 5.41) is 18.4. The minimum Gasteiger partial charge on any atom is -0.454 e. The number of aromatic nitrogens is 1. The van der Waals surface area contributed by atoms with Gasteiger partial charge in [0.1, 0.15) is 11.6 Å². The number of nitrogens with zero attached hydrogens (tertiary/aromatic N) is 4. The summed E-state index contributed by atoms with van der Waals surface area (Å²) in [6, 6.07) is 12.0. The molecule has 2 aliphatic rings. The van der Waals surface area contributed by atoms with Gasteiger partial charge in [0, 0.05) is 42.5 Å². The molecule has 0 bridgehead atoms. The summed E-state index contributed by atoms with van der Waals surface area (Å²) in [5.74, 6) is 7.34. The molecule has 1 saturated carbocycles. The van der Waals surface area contributed by atoms with Gasteiger partial charge in [0.25, 0.3) is 0 Å². The Bertz CT molecular complexity index is 1180. The standard InChI is InChI=1S/C27H36N8O2/c1-27(2,26(29)34-35-30)16-18-4-3-5-21(14-18)33-24-15-22(8-11-31-24)37-23(17-32-20-6-7-20)25(28)19-9-12-36-13-10-19/h3-5,8,11,14-15,17,19-20H,6-7,9-10,12-13,16,28H2,1-2H3,(H,31,33)(H3,29,30,34)/b25-23+,32-17?. The van der Waals surface area contributed by atoms with Crippen LogP contribution in [0.3, 0.4) is 0 Å². The monoisotopic (exact) mass is 504 g/mol. The van der Waals surface area contributed by atoms with E-state index in [4.69, 9.17) is 26.5 Å². The molecule has 196 valence electrons. The molecule has 0 amide bonds. The first-order valence-corrected chi connectivity index (χ1v) is 12.6. The molecular weight excluding hydrogens is 468 g/mol. The van der Waals surface area contributed by atoms with Crippen LogP contribution in [0.15, 0.2) is 69.4 Å². The van der Waals surface area contributed by atoms with Gasteiger partial charge in [-0.2, -0.15) is 0 Å². The summed E-state index contributed by atoms with van der Waals surface area (Å²) in [4.78, 5) is 9.07. The molecular formula is C27H36N8O2. The van der Waals surface area contributed by atoms with E-state index >= 15 is 0 Å². The third kappa shape index (κ3) is 7.60. The molecule has 1 aromatic heterocycles. The zero-order chi connectivity index (χ0) is 26.3. The van der Waals surface area contributed by atoms with Gasteiger partial charge in [0.15, 0.2) is 11.6 Å². The van der Waals surface area contributed by atoms with E-state index in [1.807, 2.05) is 50.2 Å². The lowest BCUT2D eigenvalue weighted by atomic mass is 9.84. The van der Waals surface area contributed by atoms with Gasteiger partial charge in [-0.15, -0.1) is 5.11 Å². The average Bonchev–Trinajstić information content (AvgIpc) is 3.72. The highest BCUT2D eigenvalue weighted by molar-refractivity contribution is 5.85. The topological polar surface area (TPSA) is 156 Å². The van der Waals surface area contributed by atoms with Crippen molar-refractivity contribution in [2.45, 2.75) is 52.0 Å². The number of amidine groups is 1. The number of allylic oxidation sites excluding steroid dienone is 2. The fraction of sp³-hybridized carbons (Fsp3) is 0.444. The highest BCUT2D eigenvalue weighted by atomic mass is 16.5. The van der Waals surface area contributed by atoms with Crippen molar-refractivity contribution in [1.29, 1.82) is 5.41 Å². The van der Waals surface area contributed by atoms with Crippen molar-refractivity contribution in [3.05, 3.63) is 59.6 Å². The number of benzene rings is 1. The minimum atomic E-state index is -0.511. The number of pyridine rings is 1. The number of anilines is 2. The molecule has 1 saturated heterocycles. The molecule has 1 aliphatic heterocycles. The molecule has 10 nitrogen and oxygen atoms in total. The number of nitrogens with two attached hydrogens (primary N) is 2. The molecule has 0 unspecified atom stereocenters. The van der Waals surface area contributed by atoms with Gasteiger partial charge in [0.2, 0.25) is 0 Å². The molecule has 10 heteroatoms. The molecule has 2 fully saturated rings. The minimum absolute atomic E-state index is 0.133. The zero-order valence-corrected chi connectivity index (χ0v) is 21.5. The lowest BCUT2D eigenvalue weighted by molar-refractivity contribution is 0.0746. The van der Waals surface area contributed by atoms with Gasteiger partial charge in [-0.25, -0.2) is 4.98 Å². The zero-order valence-electron chi connectivity index (χ0n) is 21.5. The summed E-state index contributed by atoms with van der Waals surface area (Å²) in [7, 11) is 0. The largest absolute Gasteiger partial charge is 0.454 e. The number of rotatable bonds is 10. The van der Waals surface area contributed by atoms with Crippen LogP contribution < -0.4 is 21.6 Å². The molecule has 2 aromatic rings. The molecule has 0 spiro atoms. The van der Waals surface area contributed by atoms with Crippen LogP contribution in [0.25, 0.3) is 0 Å². The van der Waals surface area contributed by atoms with E-state index in [1.165, 1.54) is 0 Å². The molecule has 1 aromatic carbocycles. The Morgan fingerprint density at radius 1 is 1.22 bits per heavy atom. The van der Waals surface area contributed by atoms with E-state index in [0.717, 1.165) is 36.9 Å². The number of ether oxygens (including phenoxy) is 2. The third-order valence-corrected chi connectivity index (χ3v) is 6.50. The van der Waals surface area contributed by atoms with Crippen molar-refractivity contribution in [3.63, 3.8) is 0 Å². The van der Waals surface area contributed by atoms with E-state index in [2.05, 4.69) is 25.6 Å². The Hall–Kier alpha value is -3.79. The molecule has 0 radical (unpaired) electrons. The van der Waals surface area contributed by atoms with Crippen LogP contribution in [0.2, 0.25) is 0 Å². The predicted octanol–water partition coefficient (Wildman–Crippen LogP) is 4.91. The first-order valence-electron chi connectivity index (χ1n) is 12.6. The first-order chi connectivity index (χ1) is 17.8. The molecule has 2 heterocycles. The van der Waals surface area contributed by atoms with Gasteiger partial charge in [-0.3, -0.25) is 10.4 Å². The van der Waals surface area contributed by atoms with Gasteiger partial charge in [-0.1, -0.05) is 31.2 Å². The summed E-state index contributed by atoms with van der Waals surface area (Å²) in [6.45, 7) is 5.29. The van der Waals surface area contributed by atoms with Crippen LogP contribution in [0, 0.1) is 16.7 Å². The number of nitrogens with one attached hydrogen (secondary N) is 2. The average molecular weight is 505 g/mol. The maximum atomic E-state index is 8.10. The molecule has 6 N–H and O–H groups in total. The van der Waals surface area contributed by atoms with Crippen molar-refractivity contribution >= 4 is 23.6 Å². The molecule has 0 atom stereocenters. The highest BCUT2D eigenvalue weighted by Crippen LogP contribution is 2.29. The predicted molar refractivity (Wildman–Crippen MR) is 145 cm³/mol. The summed E-state index contributed by atoms with van der Waals surface area (Å²) in [5.41, 5.74) is 8.68. The van der Waals surface area contributed by atoms with E-state index in [1.54, 1.807) is 12.4 Å². The van der Waals surface area contributed by atoms with Crippen molar-refractivity contribution in [2.24, 2.45) is 38.2 Å². The fourth-order valence-electron chi connectivity index (χ4n) is 4.13. The van der Waals surface area contributed by atoms with Crippen molar-refractivity contribution in [3.8, 4) is 5.75 Å². The van der Waals surface area contributed by atoms with Gasteiger partial charge >= 0.3 is 0 Å². The lowest BCUT2D eigenvalue weighted by Crippen LogP contribution is -2.24. The second-order valence-corrected chi connectivity index (χ2v) is 10.1. The highest BCUT2D eigenvalue weighted by Gasteiger charge is 2.25. The maximum absolute atomic E-state index is 8.10. The van der Waals surface area contributed by atoms with E-state index in [-0.39, 0.29) is 11.8 Å². The van der Waals surface area contributed by atoms with Crippen LogP contribution in [0.5, 0.6) is 5.75 Å². The molecule has 1 aliphatic carbocycles. The quantitative estimate of drug-likeness (QED) is 0.0899. The smallest absolute Gasteiger partial charge is 0.164 e. The normalized spacial score (nSPS) is 17.7. The maximum Gasteiger partial charge on any atom is 0.164 e. The number of hydrogen-bond donors (Lipinski definition) is 4. The van der Waals surface area contributed by atoms with Gasteiger partial charge in [-0.05, 0) is 55.9 Å². The van der Waals surface area contributed by atoms with E-state index < -0.39 is 5.41 Å². The van der Waals surface area contributed by atoms with Crippen LogP contribution in [0.4, 0.5) is 11.5 Å². The van der Waals surface area contributed by atoms with Crippen molar-refractivity contribution < 1.29 is 9.47 Å². The fourth-order valence-corrected chi connectivity index (χ4v) is 4.13. The lowest BCUT2D eigenvalue weighted by Gasteiger charge is -2.24. The van der Waals surface area contributed by atoms with Crippen molar-refractivity contribution in [1.82, 2.24) is 4.98 Å². The van der Waals surface area contributed by atoms with Gasteiger partial charge in [0.05, 0.1) is 18.0 Å². The SMILES string of the molecule is CC(C)(Cc1cccc(Nc2cc(O/C(C=NC3CC3)=C(/N)C3CCOCC3)ccn2)c1)C(=N)N=NN. The van der Waals surface area contributed by atoms with Crippen LogP contribution in [-0.2, 0) is 11.2 Å². The van der Waals surface area contributed by atoms with E-state index in [0.29, 0.717) is 48.7 Å². The summed E-state index contributed by atoms with van der Waals surface area (Å²) < 4.78 is 11.7. The summed E-state index contributed by atoms with van der Waals surface area (Å²) >= 11 is 0. The third-order valence-electron chi connectivity index (χ3n) is 6.50. The first kappa shape index (κ1) is 26.3. The second kappa shape index (κ2) is 12.0. The van der Waals surface area contributed by atoms with Gasteiger partial charge < -0.3 is 26.4 Å². The Morgan fingerprint density at radius 3 is 2.73 bits per heavy atom. The second-order valence-electron chi connectivity index (χ2n) is 10.1. The Labute approximate surface area is 217 Å². The molecule has 37 heavy (non-hydrogen) atoms. The van der Waals surface area contributed by atoms with Crippen LogP contribution >= 0.6 is 0 Å². The Balaban J connectivity index is 1.48. The van der Waals surface area contributed by atoms with Crippen LogP contribution in [-0.4, -0.2) is 36.3 Å².